The molecule has 1 unspecified atom stereocenters. The van der Waals surface area contributed by atoms with Crippen molar-refractivity contribution in [2.75, 3.05) is 18.5 Å². The normalized spacial score (nSPS) is 15.6. The van der Waals surface area contributed by atoms with Crippen molar-refractivity contribution >= 4 is 32.2 Å². The van der Waals surface area contributed by atoms with Gasteiger partial charge in [-0.25, -0.2) is 17.8 Å². The summed E-state index contributed by atoms with van der Waals surface area (Å²) in [6.07, 6.45) is 2.38. The summed E-state index contributed by atoms with van der Waals surface area (Å²) in [7, 11) is -4.36. The molecule has 1 aliphatic heterocycles. The molecule has 0 bridgehead atoms. The number of thiazole rings is 1. The van der Waals surface area contributed by atoms with Gasteiger partial charge >= 0.3 is 0 Å². The van der Waals surface area contributed by atoms with Crippen LogP contribution in [0, 0.1) is 23.8 Å². The first-order valence-electron chi connectivity index (χ1n) is 10.9. The number of pyridine rings is 1. The van der Waals surface area contributed by atoms with Crippen molar-refractivity contribution in [2.24, 2.45) is 5.92 Å². The van der Waals surface area contributed by atoms with E-state index in [1.807, 2.05) is 0 Å². The highest BCUT2D eigenvalue weighted by atomic mass is 32.2. The molecule has 1 amide bonds. The van der Waals surface area contributed by atoms with E-state index >= 15 is 0 Å². The zero-order chi connectivity index (χ0) is 25.2. The molecule has 0 spiro atoms. The lowest BCUT2D eigenvalue weighted by Gasteiger charge is -2.27. The van der Waals surface area contributed by atoms with Crippen LogP contribution in [0.5, 0.6) is 0 Å². The maximum atomic E-state index is 13.9. The van der Waals surface area contributed by atoms with Crippen LogP contribution in [0.15, 0.2) is 51.1 Å². The number of nitrogens with zero attached hydrogens (tertiary/aromatic N) is 1. The third kappa shape index (κ3) is 5.65. The molecule has 12 heteroatoms. The van der Waals surface area contributed by atoms with E-state index in [-0.39, 0.29) is 38.5 Å². The lowest BCUT2D eigenvalue weighted by atomic mass is 9.84. The van der Waals surface area contributed by atoms with Crippen molar-refractivity contribution in [1.82, 2.24) is 9.97 Å². The van der Waals surface area contributed by atoms with Crippen LogP contribution in [0.3, 0.4) is 0 Å². The summed E-state index contributed by atoms with van der Waals surface area (Å²) in [5, 5.41) is 1.89. The van der Waals surface area contributed by atoms with Gasteiger partial charge in [0.1, 0.15) is 5.82 Å². The number of halogens is 2. The summed E-state index contributed by atoms with van der Waals surface area (Å²) < 4.78 is 59.8. The van der Waals surface area contributed by atoms with Gasteiger partial charge in [0.05, 0.1) is 21.9 Å². The van der Waals surface area contributed by atoms with Crippen molar-refractivity contribution < 1.29 is 26.7 Å². The van der Waals surface area contributed by atoms with Crippen LogP contribution in [0.25, 0.3) is 0 Å². The van der Waals surface area contributed by atoms with Crippen LogP contribution in [0.1, 0.15) is 36.4 Å². The number of benzene rings is 1. The second kappa shape index (κ2) is 10.3. The van der Waals surface area contributed by atoms with Gasteiger partial charge in [-0.15, -0.1) is 0 Å². The van der Waals surface area contributed by atoms with Crippen molar-refractivity contribution in [3.05, 3.63) is 69.1 Å². The second-order valence-electron chi connectivity index (χ2n) is 8.32. The predicted octanol–water partition coefficient (Wildman–Crippen LogP) is 3.79. The molecule has 0 saturated carbocycles. The van der Waals surface area contributed by atoms with E-state index in [9.17, 15) is 26.8 Å². The van der Waals surface area contributed by atoms with Gasteiger partial charge in [0, 0.05) is 24.5 Å². The quantitative estimate of drug-likeness (QED) is 0.487. The first kappa shape index (κ1) is 25.1. The predicted molar refractivity (Wildman–Crippen MR) is 125 cm³/mol. The average Bonchev–Trinajstić information content (AvgIpc) is 3.22. The molecule has 35 heavy (non-hydrogen) atoms. The summed E-state index contributed by atoms with van der Waals surface area (Å²) in [4.78, 5) is 32.2. The Balaban J connectivity index is 1.84. The number of H-pyrrole nitrogens is 1. The number of carbonyl (C=O) groups excluding carboxylic acids is 1. The van der Waals surface area contributed by atoms with Crippen molar-refractivity contribution in [1.29, 1.82) is 0 Å². The summed E-state index contributed by atoms with van der Waals surface area (Å²) in [6.45, 7) is 2.48. The molecular formula is C23H23F2N3O5S2. The molecule has 0 aliphatic carbocycles. The van der Waals surface area contributed by atoms with Crippen LogP contribution >= 0.6 is 11.3 Å². The summed E-state index contributed by atoms with van der Waals surface area (Å²) in [5.74, 6) is -2.64. The molecule has 8 nitrogen and oxygen atoms in total. The van der Waals surface area contributed by atoms with Gasteiger partial charge in [-0.1, -0.05) is 17.4 Å². The van der Waals surface area contributed by atoms with E-state index in [1.165, 1.54) is 25.1 Å². The van der Waals surface area contributed by atoms with E-state index in [4.69, 9.17) is 4.74 Å². The maximum Gasteiger partial charge on any atom is 0.253 e. The number of aromatic amines is 1. The zero-order valence-electron chi connectivity index (χ0n) is 18.7. The number of sulfone groups is 1. The van der Waals surface area contributed by atoms with Gasteiger partial charge in [0.25, 0.3) is 5.56 Å². The third-order valence-electron chi connectivity index (χ3n) is 5.85. The largest absolute Gasteiger partial charge is 0.381 e. The Kier molecular flexibility index (Phi) is 7.43. The fourth-order valence-electron chi connectivity index (χ4n) is 4.16. The fraction of sp³-hybridized carbons (Fsp3) is 0.348. The molecule has 4 rings (SSSR count). The molecular weight excluding hydrogens is 500 g/mol. The Morgan fingerprint density at radius 2 is 2.03 bits per heavy atom. The molecule has 0 radical (unpaired) electrons. The SMILES string of the molecule is Cc1cc(S(=O)(=O)c2cccc(F)c2)c(C(CC2CCOCC2)C(=O)Nc2ncc(F)s2)c(=O)[nH]1. The fourth-order valence-corrected chi connectivity index (χ4v) is 6.34. The molecule has 2 aromatic heterocycles. The summed E-state index contributed by atoms with van der Waals surface area (Å²) in [6, 6.07) is 5.72. The Labute approximate surface area is 204 Å². The summed E-state index contributed by atoms with van der Waals surface area (Å²) >= 11 is 0.614. The standard InChI is InChI=1S/C23H23F2N3O5S2/c1-13-9-18(35(31,32)16-4-2-3-15(24)11-16)20(22(30)27-13)17(10-14-5-7-33-8-6-14)21(29)28-23-26-12-19(25)34-23/h2-4,9,11-12,14,17H,5-8,10H2,1H3,(H,27,30)(H,26,28,29). The average molecular weight is 524 g/mol. The molecule has 1 aliphatic rings. The number of hydrogen-bond acceptors (Lipinski definition) is 7. The third-order valence-corrected chi connectivity index (χ3v) is 8.34. The first-order chi connectivity index (χ1) is 16.6. The van der Waals surface area contributed by atoms with Crippen LogP contribution < -0.4 is 10.9 Å². The molecule has 3 heterocycles. The number of rotatable bonds is 7. The molecule has 2 N–H and O–H groups in total. The van der Waals surface area contributed by atoms with Gasteiger partial charge in [-0.3, -0.25) is 9.59 Å². The number of ether oxygens (including phenoxy) is 1. The van der Waals surface area contributed by atoms with Crippen molar-refractivity contribution in [3.8, 4) is 0 Å². The van der Waals surface area contributed by atoms with E-state index in [0.717, 1.165) is 18.3 Å². The minimum atomic E-state index is -4.36. The van der Waals surface area contributed by atoms with Gasteiger partial charge in [-0.2, -0.15) is 4.39 Å². The Hall–Kier alpha value is -2.96. The topological polar surface area (TPSA) is 118 Å². The monoisotopic (exact) mass is 523 g/mol. The highest BCUT2D eigenvalue weighted by Crippen LogP contribution is 2.34. The minimum absolute atomic E-state index is 0.0115. The zero-order valence-corrected chi connectivity index (χ0v) is 20.3. The first-order valence-corrected chi connectivity index (χ1v) is 13.2. The van der Waals surface area contributed by atoms with Crippen LogP contribution in [-0.4, -0.2) is 37.5 Å². The van der Waals surface area contributed by atoms with Gasteiger partial charge in [0.2, 0.25) is 15.7 Å². The van der Waals surface area contributed by atoms with E-state index < -0.39 is 38.2 Å². The molecule has 3 aromatic rings. The van der Waals surface area contributed by atoms with Crippen molar-refractivity contribution in [3.63, 3.8) is 0 Å². The minimum Gasteiger partial charge on any atom is -0.381 e. The second-order valence-corrected chi connectivity index (χ2v) is 11.2. The Morgan fingerprint density at radius 1 is 1.29 bits per heavy atom. The Bertz CT molecular complexity index is 1400. The summed E-state index contributed by atoms with van der Waals surface area (Å²) in [5.41, 5.74) is -0.723. The number of carbonyl (C=O) groups is 1. The lowest BCUT2D eigenvalue weighted by molar-refractivity contribution is -0.118. The molecule has 186 valence electrons. The van der Waals surface area contributed by atoms with Crippen LogP contribution in [0.4, 0.5) is 13.9 Å². The lowest BCUT2D eigenvalue weighted by Crippen LogP contribution is -2.32. The highest BCUT2D eigenvalue weighted by Gasteiger charge is 2.35. The van der Waals surface area contributed by atoms with Crippen LogP contribution in [0.2, 0.25) is 0 Å². The number of amides is 1. The van der Waals surface area contributed by atoms with E-state index in [0.29, 0.717) is 37.4 Å². The number of anilines is 1. The maximum absolute atomic E-state index is 13.9. The molecule has 1 atom stereocenters. The smallest absolute Gasteiger partial charge is 0.253 e. The molecule has 1 saturated heterocycles. The van der Waals surface area contributed by atoms with Crippen LogP contribution in [-0.2, 0) is 19.4 Å². The number of aromatic nitrogens is 2. The molecule has 1 fully saturated rings. The Morgan fingerprint density at radius 3 is 2.69 bits per heavy atom. The van der Waals surface area contributed by atoms with Gasteiger partial charge in [-0.05, 0) is 56.4 Å². The van der Waals surface area contributed by atoms with Gasteiger partial charge in [0.15, 0.2) is 10.3 Å². The van der Waals surface area contributed by atoms with E-state index in [1.54, 1.807) is 0 Å². The number of hydrogen-bond donors (Lipinski definition) is 2. The number of nitrogens with one attached hydrogen (secondary N) is 2. The molecule has 1 aromatic carbocycles. The highest BCUT2D eigenvalue weighted by molar-refractivity contribution is 7.91. The van der Waals surface area contributed by atoms with Crippen molar-refractivity contribution in [2.45, 2.75) is 41.9 Å². The van der Waals surface area contributed by atoms with Gasteiger partial charge < -0.3 is 15.0 Å². The van der Waals surface area contributed by atoms with E-state index in [2.05, 4.69) is 15.3 Å². The number of aryl methyl sites for hydroxylation is 1.